The van der Waals surface area contributed by atoms with Gasteiger partial charge in [-0.2, -0.15) is 10.1 Å². The Morgan fingerprint density at radius 2 is 2.23 bits per heavy atom. The number of carbonyl (C=O) groups is 1. The van der Waals surface area contributed by atoms with Crippen molar-refractivity contribution in [2.45, 2.75) is 44.3 Å². The van der Waals surface area contributed by atoms with Crippen molar-refractivity contribution in [2.24, 2.45) is 0 Å². The quantitative estimate of drug-likeness (QED) is 0.755. The predicted molar refractivity (Wildman–Crippen MR) is 92.4 cm³/mol. The average Bonchev–Trinajstić information content (AvgIpc) is 3.07. The average molecular weight is 352 g/mol. The lowest BCUT2D eigenvalue weighted by atomic mass is 10.2. The lowest BCUT2D eigenvalue weighted by molar-refractivity contribution is 0.0937. The largest absolute Gasteiger partial charge is 0.346 e. The first-order valence-corrected chi connectivity index (χ1v) is 9.08. The number of amides is 1. The summed E-state index contributed by atoms with van der Waals surface area (Å²) in [5.41, 5.74) is 2.27. The summed E-state index contributed by atoms with van der Waals surface area (Å²) in [6.45, 7) is 1.73. The molecular weight excluding hydrogens is 332 g/mol. The normalized spacial score (nSPS) is 20.7. The number of aromatic nitrogens is 4. The molecule has 1 aliphatic heterocycles. The minimum atomic E-state index is -0.241. The summed E-state index contributed by atoms with van der Waals surface area (Å²) in [5.74, 6) is 0.421. The van der Waals surface area contributed by atoms with Gasteiger partial charge in [0.25, 0.3) is 11.7 Å². The maximum atomic E-state index is 12.1. The minimum Gasteiger partial charge on any atom is -0.346 e. The zero-order valence-corrected chi connectivity index (χ0v) is 14.3. The number of likely N-dealkylation sites (tertiary alicyclic amines) is 1. The Bertz CT molecular complexity index is 944. The van der Waals surface area contributed by atoms with Crippen molar-refractivity contribution in [1.29, 1.82) is 0 Å². The second-order valence-electron chi connectivity index (χ2n) is 7.03. The summed E-state index contributed by atoms with van der Waals surface area (Å²) >= 11 is 0. The smallest absolute Gasteiger partial charge is 0.292 e. The minimum absolute atomic E-state index is 0.0450. The van der Waals surface area contributed by atoms with Crippen LogP contribution >= 0.6 is 0 Å². The SMILES string of the molecule is O=C(NC1CC1)c1noc([C@@H]2CCCN2Cc2cnn3ccccc23)n1. The zero-order chi connectivity index (χ0) is 17.5. The van der Waals surface area contributed by atoms with Gasteiger partial charge in [0.05, 0.1) is 17.8 Å². The van der Waals surface area contributed by atoms with Crippen LogP contribution in [0.15, 0.2) is 35.1 Å². The van der Waals surface area contributed by atoms with E-state index in [1.807, 2.05) is 29.0 Å². The molecule has 0 radical (unpaired) electrons. The van der Waals surface area contributed by atoms with Gasteiger partial charge >= 0.3 is 0 Å². The molecule has 26 heavy (non-hydrogen) atoms. The number of pyridine rings is 1. The van der Waals surface area contributed by atoms with Crippen molar-refractivity contribution < 1.29 is 9.32 Å². The van der Waals surface area contributed by atoms with Crippen LogP contribution < -0.4 is 5.32 Å². The Morgan fingerprint density at radius 3 is 3.12 bits per heavy atom. The fraction of sp³-hybridized carbons (Fsp3) is 0.444. The number of nitrogens with zero attached hydrogens (tertiary/aromatic N) is 5. The third-order valence-corrected chi connectivity index (χ3v) is 5.09. The van der Waals surface area contributed by atoms with E-state index in [0.717, 1.165) is 44.3 Å². The molecular formula is C18H20N6O2. The van der Waals surface area contributed by atoms with Crippen LogP contribution in [0.4, 0.5) is 0 Å². The van der Waals surface area contributed by atoms with Gasteiger partial charge in [-0.05, 0) is 44.4 Å². The first kappa shape index (κ1) is 15.5. The van der Waals surface area contributed by atoms with Crippen molar-refractivity contribution in [3.63, 3.8) is 0 Å². The third-order valence-electron chi connectivity index (χ3n) is 5.09. The van der Waals surface area contributed by atoms with Crippen molar-refractivity contribution in [3.8, 4) is 0 Å². The van der Waals surface area contributed by atoms with Crippen molar-refractivity contribution in [1.82, 2.24) is 30.0 Å². The van der Waals surface area contributed by atoms with Gasteiger partial charge < -0.3 is 9.84 Å². The third kappa shape index (κ3) is 2.86. The molecule has 0 bridgehead atoms. The first-order chi connectivity index (χ1) is 12.8. The van der Waals surface area contributed by atoms with E-state index in [0.29, 0.717) is 5.89 Å². The monoisotopic (exact) mass is 352 g/mol. The fourth-order valence-electron chi connectivity index (χ4n) is 3.56. The van der Waals surface area contributed by atoms with E-state index < -0.39 is 0 Å². The van der Waals surface area contributed by atoms with E-state index >= 15 is 0 Å². The van der Waals surface area contributed by atoms with Gasteiger partial charge in [-0.25, -0.2) is 4.52 Å². The standard InChI is InChI=1S/C18H20N6O2/c25-17(20-13-6-7-13)16-21-18(26-22-16)15-5-3-8-23(15)11-12-10-19-24-9-2-1-4-14(12)24/h1-2,4,9-10,13,15H,3,5-8,11H2,(H,20,25)/t15-/m0/s1. The molecule has 3 aromatic heterocycles. The molecule has 0 aromatic carbocycles. The van der Waals surface area contributed by atoms with Crippen LogP contribution in [-0.2, 0) is 6.54 Å². The van der Waals surface area contributed by atoms with E-state index in [2.05, 4.69) is 31.5 Å². The summed E-state index contributed by atoms with van der Waals surface area (Å²) in [6, 6.07) is 6.38. The molecule has 3 aromatic rings. The molecule has 8 heteroatoms. The summed E-state index contributed by atoms with van der Waals surface area (Å²) in [5, 5.41) is 11.2. The maximum Gasteiger partial charge on any atom is 0.292 e. The maximum absolute atomic E-state index is 12.1. The van der Waals surface area contributed by atoms with Gasteiger partial charge in [-0.1, -0.05) is 11.2 Å². The molecule has 1 N–H and O–H groups in total. The second kappa shape index (κ2) is 6.21. The van der Waals surface area contributed by atoms with E-state index in [-0.39, 0.29) is 23.8 Å². The molecule has 2 fully saturated rings. The Balaban J connectivity index is 1.34. The molecule has 0 spiro atoms. The lowest BCUT2D eigenvalue weighted by Crippen LogP contribution is -2.27. The Hall–Kier alpha value is -2.74. The number of hydrogen-bond donors (Lipinski definition) is 1. The summed E-state index contributed by atoms with van der Waals surface area (Å²) in [7, 11) is 0. The van der Waals surface area contributed by atoms with Crippen molar-refractivity contribution >= 4 is 11.4 Å². The molecule has 2 aliphatic rings. The first-order valence-electron chi connectivity index (χ1n) is 9.08. The van der Waals surface area contributed by atoms with Crippen LogP contribution in [0.3, 0.4) is 0 Å². The van der Waals surface area contributed by atoms with Crippen LogP contribution in [0.25, 0.3) is 5.52 Å². The summed E-state index contributed by atoms with van der Waals surface area (Å²) in [6.07, 6.45) is 7.94. The Kier molecular flexibility index (Phi) is 3.70. The summed E-state index contributed by atoms with van der Waals surface area (Å²) in [4.78, 5) is 18.8. The number of carbonyl (C=O) groups excluding carboxylic acids is 1. The van der Waals surface area contributed by atoms with Crippen LogP contribution in [0.1, 0.15) is 53.8 Å². The van der Waals surface area contributed by atoms with Gasteiger partial charge in [0.15, 0.2) is 0 Å². The van der Waals surface area contributed by atoms with Gasteiger partial charge in [-0.3, -0.25) is 9.69 Å². The Labute approximate surface area is 150 Å². The number of rotatable bonds is 5. The number of fused-ring (bicyclic) bond motifs is 1. The Morgan fingerprint density at radius 1 is 1.31 bits per heavy atom. The van der Waals surface area contributed by atoms with E-state index in [1.54, 1.807) is 0 Å². The predicted octanol–water partition coefficient (Wildman–Crippen LogP) is 1.95. The molecule has 8 nitrogen and oxygen atoms in total. The molecule has 1 saturated carbocycles. The summed E-state index contributed by atoms with van der Waals surface area (Å²) < 4.78 is 7.31. The van der Waals surface area contributed by atoms with Gasteiger partial charge in [0, 0.05) is 24.3 Å². The van der Waals surface area contributed by atoms with Gasteiger partial charge in [0.2, 0.25) is 5.89 Å². The molecule has 1 aliphatic carbocycles. The lowest BCUT2D eigenvalue weighted by Gasteiger charge is -2.20. The molecule has 1 amide bonds. The highest BCUT2D eigenvalue weighted by atomic mass is 16.5. The van der Waals surface area contributed by atoms with Crippen LogP contribution in [0.2, 0.25) is 0 Å². The highest BCUT2D eigenvalue weighted by Gasteiger charge is 2.33. The molecule has 4 heterocycles. The van der Waals surface area contributed by atoms with Crippen LogP contribution in [-0.4, -0.2) is 43.1 Å². The molecule has 1 saturated heterocycles. The highest BCUT2D eigenvalue weighted by molar-refractivity contribution is 5.90. The van der Waals surface area contributed by atoms with Crippen LogP contribution in [0.5, 0.6) is 0 Å². The number of hydrogen-bond acceptors (Lipinski definition) is 6. The van der Waals surface area contributed by atoms with Gasteiger partial charge in [-0.15, -0.1) is 0 Å². The fourth-order valence-corrected chi connectivity index (χ4v) is 3.56. The van der Waals surface area contributed by atoms with Crippen LogP contribution in [0, 0.1) is 0 Å². The molecule has 134 valence electrons. The molecule has 0 unspecified atom stereocenters. The van der Waals surface area contributed by atoms with Crippen molar-refractivity contribution in [3.05, 3.63) is 47.9 Å². The zero-order valence-electron chi connectivity index (χ0n) is 14.3. The van der Waals surface area contributed by atoms with E-state index in [9.17, 15) is 4.79 Å². The molecule has 5 rings (SSSR count). The topological polar surface area (TPSA) is 88.6 Å². The van der Waals surface area contributed by atoms with E-state index in [1.165, 1.54) is 5.56 Å². The molecule has 1 atom stereocenters. The second-order valence-corrected chi connectivity index (χ2v) is 7.03. The van der Waals surface area contributed by atoms with Gasteiger partial charge in [0.1, 0.15) is 0 Å². The van der Waals surface area contributed by atoms with E-state index in [4.69, 9.17) is 4.52 Å². The highest BCUT2D eigenvalue weighted by Crippen LogP contribution is 2.32. The number of nitrogens with one attached hydrogen (secondary N) is 1. The van der Waals surface area contributed by atoms with Crippen molar-refractivity contribution in [2.75, 3.05) is 6.54 Å².